The van der Waals surface area contributed by atoms with Crippen molar-refractivity contribution >= 4 is 34.5 Å². The van der Waals surface area contributed by atoms with Gasteiger partial charge in [0.05, 0.1) is 16.5 Å². The number of benzene rings is 1. The van der Waals surface area contributed by atoms with E-state index in [1.54, 1.807) is 12.3 Å². The highest BCUT2D eigenvalue weighted by Crippen LogP contribution is 2.38. The van der Waals surface area contributed by atoms with Crippen molar-refractivity contribution in [2.75, 3.05) is 46.3 Å². The van der Waals surface area contributed by atoms with E-state index in [-0.39, 0.29) is 34.3 Å². The summed E-state index contributed by atoms with van der Waals surface area (Å²) in [5, 5.41) is -0.199. The van der Waals surface area contributed by atoms with Gasteiger partial charge >= 0.3 is 6.18 Å². The van der Waals surface area contributed by atoms with Crippen LogP contribution in [0.2, 0.25) is 5.02 Å². The summed E-state index contributed by atoms with van der Waals surface area (Å²) in [6.45, 7) is 5.40. The number of allylic oxidation sites excluding steroid dienone is 3. The molecule has 6 nitrogen and oxygen atoms in total. The van der Waals surface area contributed by atoms with E-state index in [9.17, 15) is 22.8 Å². The lowest BCUT2D eigenvalue weighted by molar-refractivity contribution is -0.138. The second-order valence-electron chi connectivity index (χ2n) is 10.2. The second-order valence-corrected chi connectivity index (χ2v) is 11.6. The molecule has 1 atom stereocenters. The fourth-order valence-electron chi connectivity index (χ4n) is 5.28. The number of carbonyl (C=O) groups excluding carboxylic acids is 2. The minimum Gasteiger partial charge on any atom is -0.366 e. The van der Waals surface area contributed by atoms with Gasteiger partial charge in [0.15, 0.2) is 0 Å². The highest BCUT2D eigenvalue weighted by molar-refractivity contribution is 8.18. The molecule has 0 saturated carbocycles. The Bertz CT molecular complexity index is 1270. The lowest BCUT2D eigenvalue weighted by Gasteiger charge is -2.32. The lowest BCUT2D eigenvalue weighted by atomic mass is 9.94. The minimum absolute atomic E-state index is 0.0494. The Morgan fingerprint density at radius 1 is 1.13 bits per heavy atom. The standard InChI is InChI=1S/C28H30ClF3N4O2S/c1-33-11-13-34(14-12-33)8-2-9-36-26(37)25(39-27(36)38)16-19-3-6-24-20(15-19)7-10-35(24)18-21-4-5-22(29)17-23(21)28(30,31)32/h3-5,7,10,15-17,24H,2,6,8-9,11-14,18H2,1H3/b25-16-. The molecule has 2 saturated heterocycles. The molecule has 0 aromatic heterocycles. The van der Waals surface area contributed by atoms with E-state index in [0.717, 1.165) is 68.1 Å². The van der Waals surface area contributed by atoms with Gasteiger partial charge in [-0.05, 0) is 85.3 Å². The van der Waals surface area contributed by atoms with Crippen LogP contribution in [0.25, 0.3) is 0 Å². The van der Waals surface area contributed by atoms with Crippen LogP contribution < -0.4 is 0 Å². The number of rotatable bonds is 7. The Kier molecular flexibility index (Phi) is 8.28. The third-order valence-electron chi connectivity index (χ3n) is 7.51. The molecule has 208 valence electrons. The molecule has 0 radical (unpaired) electrons. The van der Waals surface area contributed by atoms with Crippen LogP contribution in [-0.2, 0) is 17.5 Å². The van der Waals surface area contributed by atoms with Crippen LogP contribution in [0.15, 0.2) is 64.8 Å². The van der Waals surface area contributed by atoms with Crippen molar-refractivity contribution in [3.8, 4) is 0 Å². The van der Waals surface area contributed by atoms with Crippen molar-refractivity contribution in [3.05, 3.63) is 80.9 Å². The zero-order valence-electron chi connectivity index (χ0n) is 21.6. The van der Waals surface area contributed by atoms with E-state index in [1.807, 2.05) is 23.1 Å². The van der Waals surface area contributed by atoms with Crippen molar-refractivity contribution in [2.24, 2.45) is 0 Å². The molecule has 0 N–H and O–H groups in total. The van der Waals surface area contributed by atoms with Crippen LogP contribution >= 0.6 is 23.4 Å². The smallest absolute Gasteiger partial charge is 0.366 e. The highest BCUT2D eigenvalue weighted by atomic mass is 35.5. The Morgan fingerprint density at radius 2 is 1.90 bits per heavy atom. The van der Waals surface area contributed by atoms with E-state index < -0.39 is 11.7 Å². The van der Waals surface area contributed by atoms with Crippen molar-refractivity contribution in [1.29, 1.82) is 0 Å². The van der Waals surface area contributed by atoms with Crippen molar-refractivity contribution in [2.45, 2.75) is 31.6 Å². The molecule has 2 fully saturated rings. The van der Waals surface area contributed by atoms with Gasteiger partial charge in [0.25, 0.3) is 11.1 Å². The normalized spacial score (nSPS) is 23.6. The molecule has 11 heteroatoms. The number of hydrogen-bond acceptors (Lipinski definition) is 6. The predicted octanol–water partition coefficient (Wildman–Crippen LogP) is 5.53. The molecule has 5 rings (SSSR count). The fourth-order valence-corrected chi connectivity index (χ4v) is 6.32. The van der Waals surface area contributed by atoms with Crippen LogP contribution in [0.3, 0.4) is 0 Å². The fraction of sp³-hybridized carbons (Fsp3) is 0.429. The molecule has 3 heterocycles. The third kappa shape index (κ3) is 6.45. The number of halogens is 4. The number of amides is 2. The molecule has 1 aromatic rings. The van der Waals surface area contributed by atoms with Crippen molar-refractivity contribution < 1.29 is 22.8 Å². The molecule has 3 aliphatic heterocycles. The molecular formula is C28H30ClF3N4O2S. The topological polar surface area (TPSA) is 47.1 Å². The number of carbonyl (C=O) groups is 2. The third-order valence-corrected chi connectivity index (χ3v) is 8.65. The SMILES string of the molecule is CN1CCN(CCCN2C(=O)S/C(=C\C3=CCC4C(=C3)C=CN4Cc3ccc(Cl)cc3C(F)(F)F)C2=O)CC1. The number of fused-ring (bicyclic) bond motifs is 1. The second kappa shape index (κ2) is 11.5. The van der Waals surface area contributed by atoms with Crippen LogP contribution in [0.5, 0.6) is 0 Å². The van der Waals surface area contributed by atoms with Gasteiger partial charge in [0, 0.05) is 50.5 Å². The number of nitrogens with zero attached hydrogens (tertiary/aromatic N) is 4. The summed E-state index contributed by atoms with van der Waals surface area (Å²) in [5.74, 6) is -0.268. The largest absolute Gasteiger partial charge is 0.416 e. The summed E-state index contributed by atoms with van der Waals surface area (Å²) in [5.41, 5.74) is 1.21. The van der Waals surface area contributed by atoms with Gasteiger partial charge in [-0.15, -0.1) is 0 Å². The monoisotopic (exact) mass is 578 g/mol. The molecule has 1 aliphatic carbocycles. The van der Waals surface area contributed by atoms with Crippen molar-refractivity contribution in [1.82, 2.24) is 19.6 Å². The predicted molar refractivity (Wildman–Crippen MR) is 147 cm³/mol. The summed E-state index contributed by atoms with van der Waals surface area (Å²) >= 11 is 6.78. The average molecular weight is 579 g/mol. The number of hydrogen-bond donors (Lipinski definition) is 0. The lowest BCUT2D eigenvalue weighted by Crippen LogP contribution is -2.45. The quantitative estimate of drug-likeness (QED) is 0.397. The molecule has 0 bridgehead atoms. The average Bonchev–Trinajstić information content (AvgIpc) is 3.40. The first-order valence-electron chi connectivity index (χ1n) is 13.0. The molecule has 1 aromatic carbocycles. The van der Waals surface area contributed by atoms with Crippen molar-refractivity contribution in [3.63, 3.8) is 0 Å². The van der Waals surface area contributed by atoms with Crippen LogP contribution in [0, 0.1) is 0 Å². The molecule has 39 heavy (non-hydrogen) atoms. The number of piperazine rings is 1. The molecule has 0 spiro atoms. The summed E-state index contributed by atoms with van der Waals surface area (Å²) < 4.78 is 40.7. The molecule has 4 aliphatic rings. The summed E-state index contributed by atoms with van der Waals surface area (Å²) in [4.78, 5) is 33.8. The maximum absolute atomic E-state index is 13.6. The minimum atomic E-state index is -4.49. The van der Waals surface area contributed by atoms with Gasteiger partial charge in [-0.25, -0.2) is 0 Å². The first-order chi connectivity index (χ1) is 18.6. The maximum atomic E-state index is 13.6. The van der Waals surface area contributed by atoms with Gasteiger partial charge in [-0.3, -0.25) is 14.5 Å². The maximum Gasteiger partial charge on any atom is 0.416 e. The van der Waals surface area contributed by atoms with E-state index in [2.05, 4.69) is 16.8 Å². The first kappa shape index (κ1) is 28.0. The molecule has 2 amide bonds. The van der Waals surface area contributed by atoms with Gasteiger partial charge in [-0.1, -0.05) is 23.7 Å². The first-order valence-corrected chi connectivity index (χ1v) is 14.2. The van der Waals surface area contributed by atoms with Gasteiger partial charge in [0.1, 0.15) is 0 Å². The zero-order chi connectivity index (χ0) is 27.7. The van der Waals surface area contributed by atoms with Crippen LogP contribution in [0.1, 0.15) is 24.0 Å². The van der Waals surface area contributed by atoms with Gasteiger partial charge < -0.3 is 14.7 Å². The van der Waals surface area contributed by atoms with E-state index in [0.29, 0.717) is 17.9 Å². The summed E-state index contributed by atoms with van der Waals surface area (Å²) in [6, 6.07) is 3.77. The van der Waals surface area contributed by atoms with E-state index in [1.165, 1.54) is 17.0 Å². The number of likely N-dealkylation sites (N-methyl/N-ethyl adjacent to an activating group) is 1. The number of thioether (sulfide) groups is 1. The molecule has 1 unspecified atom stereocenters. The Morgan fingerprint density at radius 3 is 2.64 bits per heavy atom. The highest BCUT2D eigenvalue weighted by Gasteiger charge is 2.36. The van der Waals surface area contributed by atoms with Crippen LogP contribution in [-0.4, -0.2) is 83.1 Å². The Hall–Kier alpha value is -2.53. The van der Waals surface area contributed by atoms with Gasteiger partial charge in [-0.2, -0.15) is 13.2 Å². The van der Waals surface area contributed by atoms with E-state index in [4.69, 9.17) is 11.6 Å². The summed E-state index contributed by atoms with van der Waals surface area (Å²) in [6.07, 6.45) is 6.15. The number of alkyl halides is 3. The van der Waals surface area contributed by atoms with Gasteiger partial charge in [0.2, 0.25) is 0 Å². The van der Waals surface area contributed by atoms with E-state index >= 15 is 0 Å². The zero-order valence-corrected chi connectivity index (χ0v) is 23.2. The number of imide groups is 1. The van der Waals surface area contributed by atoms with Crippen LogP contribution in [0.4, 0.5) is 18.0 Å². The summed E-state index contributed by atoms with van der Waals surface area (Å²) in [7, 11) is 2.11. The molecular weight excluding hydrogens is 549 g/mol. The Labute approximate surface area is 235 Å². The Balaban J connectivity index is 1.19.